The molecule has 0 aromatic heterocycles. The summed E-state index contributed by atoms with van der Waals surface area (Å²) in [5.41, 5.74) is 5.93. The van der Waals surface area contributed by atoms with Gasteiger partial charge in [0.05, 0.1) is 5.54 Å². The van der Waals surface area contributed by atoms with Crippen molar-refractivity contribution in [2.45, 2.75) is 39.2 Å². The van der Waals surface area contributed by atoms with E-state index in [9.17, 15) is 4.79 Å². The van der Waals surface area contributed by atoms with Gasteiger partial charge in [0, 0.05) is 6.42 Å². The van der Waals surface area contributed by atoms with E-state index in [0.717, 1.165) is 12.0 Å². The minimum absolute atomic E-state index is 0.0977. The highest BCUT2D eigenvalue weighted by Crippen LogP contribution is 2.08. The molecular formula is C9H17NO. The van der Waals surface area contributed by atoms with Crippen molar-refractivity contribution in [2.24, 2.45) is 5.73 Å². The fraction of sp³-hybridized carbons (Fsp3) is 0.667. The molecular weight excluding hydrogens is 138 g/mol. The highest BCUT2D eigenvalue weighted by molar-refractivity contribution is 5.87. The Morgan fingerprint density at radius 2 is 1.91 bits per heavy atom. The average molecular weight is 155 g/mol. The van der Waals surface area contributed by atoms with Gasteiger partial charge in [-0.3, -0.25) is 4.79 Å². The number of carbonyl (C=O) groups is 1. The summed E-state index contributed by atoms with van der Waals surface area (Å²) in [5.74, 6) is 0.0977. The molecule has 0 unspecified atom stereocenters. The molecule has 2 nitrogen and oxygen atoms in total. The van der Waals surface area contributed by atoms with Crippen molar-refractivity contribution in [3.05, 3.63) is 12.2 Å². The Hall–Kier alpha value is -0.630. The van der Waals surface area contributed by atoms with E-state index in [2.05, 4.69) is 6.58 Å². The quantitative estimate of drug-likeness (QED) is 0.627. The van der Waals surface area contributed by atoms with Crippen LogP contribution in [-0.2, 0) is 4.79 Å². The summed E-state index contributed by atoms with van der Waals surface area (Å²) in [6.45, 7) is 9.09. The maximum absolute atomic E-state index is 11.2. The molecule has 0 heterocycles. The van der Waals surface area contributed by atoms with Crippen LogP contribution in [0.15, 0.2) is 12.2 Å². The van der Waals surface area contributed by atoms with Gasteiger partial charge in [-0.1, -0.05) is 5.57 Å². The molecule has 0 aromatic carbocycles. The van der Waals surface area contributed by atoms with E-state index in [4.69, 9.17) is 5.73 Å². The Morgan fingerprint density at radius 1 is 1.45 bits per heavy atom. The van der Waals surface area contributed by atoms with Crippen LogP contribution >= 0.6 is 0 Å². The maximum atomic E-state index is 11.2. The van der Waals surface area contributed by atoms with Crippen LogP contribution in [-0.4, -0.2) is 11.3 Å². The van der Waals surface area contributed by atoms with Gasteiger partial charge < -0.3 is 5.73 Å². The molecule has 0 aromatic rings. The van der Waals surface area contributed by atoms with Crippen LogP contribution in [0, 0.1) is 0 Å². The molecule has 0 fully saturated rings. The van der Waals surface area contributed by atoms with Crippen LogP contribution in [0.1, 0.15) is 33.6 Å². The van der Waals surface area contributed by atoms with E-state index < -0.39 is 5.54 Å². The Bertz CT molecular complexity index is 165. The zero-order valence-electron chi connectivity index (χ0n) is 7.61. The van der Waals surface area contributed by atoms with E-state index in [1.54, 1.807) is 13.8 Å². The molecule has 0 saturated heterocycles. The SMILES string of the molecule is C=C(C)CCC(=O)C(C)(C)N. The van der Waals surface area contributed by atoms with Gasteiger partial charge in [-0.2, -0.15) is 0 Å². The van der Waals surface area contributed by atoms with Crippen LogP contribution < -0.4 is 5.73 Å². The average Bonchev–Trinajstić information content (AvgIpc) is 1.80. The molecule has 64 valence electrons. The third-order valence-corrected chi connectivity index (χ3v) is 1.50. The van der Waals surface area contributed by atoms with Crippen LogP contribution in [0.5, 0.6) is 0 Å². The van der Waals surface area contributed by atoms with Gasteiger partial charge in [0.25, 0.3) is 0 Å². The molecule has 0 amide bonds. The van der Waals surface area contributed by atoms with E-state index >= 15 is 0 Å². The van der Waals surface area contributed by atoms with Crippen molar-refractivity contribution in [3.8, 4) is 0 Å². The summed E-state index contributed by atoms with van der Waals surface area (Å²) in [7, 11) is 0. The molecule has 0 saturated carbocycles. The second kappa shape index (κ2) is 3.67. The van der Waals surface area contributed by atoms with Gasteiger partial charge >= 0.3 is 0 Å². The predicted octanol–water partition coefficient (Wildman–Crippen LogP) is 1.65. The zero-order chi connectivity index (χ0) is 9.07. The number of hydrogen-bond acceptors (Lipinski definition) is 2. The molecule has 11 heavy (non-hydrogen) atoms. The van der Waals surface area contributed by atoms with Gasteiger partial charge in [0.2, 0.25) is 0 Å². The highest BCUT2D eigenvalue weighted by atomic mass is 16.1. The number of allylic oxidation sites excluding steroid dienone is 1. The molecule has 0 rings (SSSR count). The molecule has 0 aliphatic rings. The van der Waals surface area contributed by atoms with E-state index in [-0.39, 0.29) is 5.78 Å². The van der Waals surface area contributed by atoms with Gasteiger partial charge in [0.15, 0.2) is 5.78 Å². The minimum Gasteiger partial charge on any atom is -0.319 e. The minimum atomic E-state index is -0.685. The second-order valence-electron chi connectivity index (χ2n) is 3.60. The number of hydrogen-bond donors (Lipinski definition) is 1. The van der Waals surface area contributed by atoms with Crippen molar-refractivity contribution in [2.75, 3.05) is 0 Å². The number of ketones is 1. The van der Waals surface area contributed by atoms with E-state index in [1.165, 1.54) is 0 Å². The summed E-state index contributed by atoms with van der Waals surface area (Å²) in [5, 5.41) is 0. The summed E-state index contributed by atoms with van der Waals surface area (Å²) in [6.07, 6.45) is 1.26. The van der Waals surface area contributed by atoms with Crippen molar-refractivity contribution >= 4 is 5.78 Å². The molecule has 0 aliphatic carbocycles. The van der Waals surface area contributed by atoms with E-state index in [1.807, 2.05) is 6.92 Å². The lowest BCUT2D eigenvalue weighted by atomic mass is 9.96. The van der Waals surface area contributed by atoms with Gasteiger partial charge in [0.1, 0.15) is 0 Å². The molecule has 0 atom stereocenters. The Kier molecular flexibility index (Phi) is 3.46. The zero-order valence-corrected chi connectivity index (χ0v) is 7.61. The molecule has 2 N–H and O–H groups in total. The monoisotopic (exact) mass is 155 g/mol. The lowest BCUT2D eigenvalue weighted by molar-refractivity contribution is -0.123. The fourth-order valence-electron chi connectivity index (χ4n) is 0.649. The fourth-order valence-corrected chi connectivity index (χ4v) is 0.649. The first-order chi connectivity index (χ1) is 4.84. The third kappa shape index (κ3) is 4.73. The normalized spacial score (nSPS) is 11.3. The van der Waals surface area contributed by atoms with Crippen molar-refractivity contribution in [1.29, 1.82) is 0 Å². The Labute approximate surface area is 68.5 Å². The van der Waals surface area contributed by atoms with Crippen LogP contribution in [0.2, 0.25) is 0 Å². The number of carbonyl (C=O) groups excluding carboxylic acids is 1. The van der Waals surface area contributed by atoms with Crippen LogP contribution in [0.4, 0.5) is 0 Å². The molecule has 0 bridgehead atoms. The summed E-state index contributed by atoms with van der Waals surface area (Å²) in [4.78, 5) is 11.2. The third-order valence-electron chi connectivity index (χ3n) is 1.50. The first-order valence-electron chi connectivity index (χ1n) is 3.80. The summed E-state index contributed by atoms with van der Waals surface area (Å²) in [6, 6.07) is 0. The topological polar surface area (TPSA) is 43.1 Å². The van der Waals surface area contributed by atoms with Crippen LogP contribution in [0.3, 0.4) is 0 Å². The molecule has 0 radical (unpaired) electrons. The highest BCUT2D eigenvalue weighted by Gasteiger charge is 2.20. The standard InChI is InChI=1S/C9H17NO/c1-7(2)5-6-8(11)9(3,4)10/h1,5-6,10H2,2-4H3. The maximum Gasteiger partial charge on any atom is 0.152 e. The largest absolute Gasteiger partial charge is 0.319 e. The van der Waals surface area contributed by atoms with Gasteiger partial charge in [-0.05, 0) is 27.2 Å². The second-order valence-corrected chi connectivity index (χ2v) is 3.60. The first kappa shape index (κ1) is 10.4. The van der Waals surface area contributed by atoms with Crippen molar-refractivity contribution < 1.29 is 4.79 Å². The molecule has 0 aliphatic heterocycles. The first-order valence-corrected chi connectivity index (χ1v) is 3.80. The predicted molar refractivity (Wildman–Crippen MR) is 47.3 cm³/mol. The molecule has 0 spiro atoms. The lowest BCUT2D eigenvalue weighted by Crippen LogP contribution is -2.41. The Balaban J connectivity index is 3.80. The Morgan fingerprint density at radius 3 is 2.18 bits per heavy atom. The number of Topliss-reactive ketones (excluding diaryl/α,β-unsaturated/α-hetero) is 1. The number of rotatable bonds is 4. The van der Waals surface area contributed by atoms with Crippen molar-refractivity contribution in [1.82, 2.24) is 0 Å². The van der Waals surface area contributed by atoms with Gasteiger partial charge in [-0.15, -0.1) is 6.58 Å². The number of nitrogens with two attached hydrogens (primary N) is 1. The van der Waals surface area contributed by atoms with E-state index in [0.29, 0.717) is 6.42 Å². The van der Waals surface area contributed by atoms with Crippen LogP contribution in [0.25, 0.3) is 0 Å². The van der Waals surface area contributed by atoms with Gasteiger partial charge in [-0.25, -0.2) is 0 Å². The van der Waals surface area contributed by atoms with Crippen molar-refractivity contribution in [3.63, 3.8) is 0 Å². The lowest BCUT2D eigenvalue weighted by Gasteiger charge is -2.16. The molecule has 2 heteroatoms. The summed E-state index contributed by atoms with van der Waals surface area (Å²) >= 11 is 0. The summed E-state index contributed by atoms with van der Waals surface area (Å²) < 4.78 is 0. The smallest absolute Gasteiger partial charge is 0.152 e.